The summed E-state index contributed by atoms with van der Waals surface area (Å²) in [6.07, 6.45) is -4.09. The lowest BCUT2D eigenvalue weighted by molar-refractivity contribution is -0.278. The third-order valence-corrected chi connectivity index (χ3v) is 4.93. The molecule has 158 valence electrons. The van der Waals surface area contributed by atoms with Crippen LogP contribution in [0.3, 0.4) is 0 Å². The van der Waals surface area contributed by atoms with Gasteiger partial charge >= 0.3 is 0 Å². The Kier molecular flexibility index (Phi) is 6.71. The van der Waals surface area contributed by atoms with E-state index >= 15 is 0 Å². The number of rotatable bonds is 6. The predicted molar refractivity (Wildman–Crippen MR) is 106 cm³/mol. The largest absolute Gasteiger partial charge is 0.443 e. The standard InChI is InChI=1S/C21H28N2O6/c1-11(2)8-13-4-6-14(7-5-13)9-15-12(3)22-23-20(15)29-21-19(27)18(26)17(25)16(10-24)28-21/h4-8,16-19,21,24-27H,9-10H2,1-3H3,(H,22,23)/t16-,17-,18+,19-,21+/m1/s1. The molecule has 2 heterocycles. The van der Waals surface area contributed by atoms with Gasteiger partial charge < -0.3 is 29.9 Å². The molecule has 1 fully saturated rings. The molecule has 1 aliphatic rings. The Labute approximate surface area is 169 Å². The molecule has 3 rings (SSSR count). The summed E-state index contributed by atoms with van der Waals surface area (Å²) in [5.41, 5.74) is 4.99. The Balaban J connectivity index is 1.76. The molecular formula is C21H28N2O6. The summed E-state index contributed by atoms with van der Waals surface area (Å²) < 4.78 is 11.1. The Morgan fingerprint density at radius 3 is 2.45 bits per heavy atom. The van der Waals surface area contributed by atoms with Crippen LogP contribution in [0, 0.1) is 6.92 Å². The Morgan fingerprint density at radius 1 is 1.14 bits per heavy atom. The van der Waals surface area contributed by atoms with Crippen molar-refractivity contribution >= 4 is 6.08 Å². The lowest BCUT2D eigenvalue weighted by Gasteiger charge is -2.39. The number of H-pyrrole nitrogens is 1. The van der Waals surface area contributed by atoms with E-state index in [1.165, 1.54) is 5.57 Å². The maximum absolute atomic E-state index is 10.2. The molecule has 0 unspecified atom stereocenters. The van der Waals surface area contributed by atoms with Crippen LogP contribution in [-0.2, 0) is 11.2 Å². The predicted octanol–water partition coefficient (Wildman–Crippen LogP) is 0.911. The molecule has 8 heteroatoms. The van der Waals surface area contributed by atoms with Gasteiger partial charge in [-0.3, -0.25) is 5.10 Å². The van der Waals surface area contributed by atoms with E-state index in [0.29, 0.717) is 6.42 Å². The Morgan fingerprint density at radius 2 is 1.83 bits per heavy atom. The minimum Gasteiger partial charge on any atom is -0.443 e. The van der Waals surface area contributed by atoms with Gasteiger partial charge in [-0.2, -0.15) is 0 Å². The molecule has 29 heavy (non-hydrogen) atoms. The van der Waals surface area contributed by atoms with E-state index in [2.05, 4.69) is 16.3 Å². The normalized spacial score (nSPS) is 26.9. The molecule has 1 aromatic heterocycles. The van der Waals surface area contributed by atoms with Crippen LogP contribution in [0.25, 0.3) is 6.08 Å². The summed E-state index contributed by atoms with van der Waals surface area (Å²) in [5, 5.41) is 46.3. The minimum absolute atomic E-state index is 0.236. The van der Waals surface area contributed by atoms with Crippen molar-refractivity contribution in [1.82, 2.24) is 10.2 Å². The molecule has 5 atom stereocenters. The van der Waals surface area contributed by atoms with Gasteiger partial charge in [0, 0.05) is 17.7 Å². The Bertz CT molecular complexity index is 841. The van der Waals surface area contributed by atoms with E-state index in [-0.39, 0.29) is 5.88 Å². The van der Waals surface area contributed by atoms with Gasteiger partial charge in [-0.15, -0.1) is 5.10 Å². The van der Waals surface area contributed by atoms with Crippen molar-refractivity contribution in [2.45, 2.75) is 57.9 Å². The van der Waals surface area contributed by atoms with Gasteiger partial charge in [0.05, 0.1) is 6.61 Å². The van der Waals surface area contributed by atoms with Crippen molar-refractivity contribution in [2.75, 3.05) is 6.61 Å². The van der Waals surface area contributed by atoms with Crippen LogP contribution in [0.5, 0.6) is 5.88 Å². The second-order valence-electron chi connectivity index (χ2n) is 7.59. The number of benzene rings is 1. The first-order valence-corrected chi connectivity index (χ1v) is 9.55. The van der Waals surface area contributed by atoms with Crippen LogP contribution in [0.1, 0.15) is 36.2 Å². The zero-order valence-electron chi connectivity index (χ0n) is 16.7. The first-order valence-electron chi connectivity index (χ1n) is 9.55. The summed E-state index contributed by atoms with van der Waals surface area (Å²) in [6, 6.07) is 8.13. The zero-order valence-corrected chi connectivity index (χ0v) is 16.7. The first kappa shape index (κ1) is 21.5. The fraction of sp³-hybridized carbons (Fsp3) is 0.476. The molecule has 2 aromatic rings. The summed E-state index contributed by atoms with van der Waals surface area (Å²) in [4.78, 5) is 0. The molecule has 1 saturated heterocycles. The van der Waals surface area contributed by atoms with Crippen LogP contribution in [0.2, 0.25) is 0 Å². The number of hydrogen-bond donors (Lipinski definition) is 5. The van der Waals surface area contributed by atoms with Crippen LogP contribution < -0.4 is 4.74 Å². The van der Waals surface area contributed by atoms with Crippen LogP contribution in [0.4, 0.5) is 0 Å². The van der Waals surface area contributed by atoms with Crippen molar-refractivity contribution in [3.8, 4) is 5.88 Å². The maximum atomic E-state index is 10.2. The quantitative estimate of drug-likeness (QED) is 0.484. The number of aromatic amines is 1. The molecule has 1 aromatic carbocycles. The van der Waals surface area contributed by atoms with Crippen LogP contribution in [0.15, 0.2) is 29.8 Å². The number of aliphatic hydroxyl groups is 4. The molecule has 0 radical (unpaired) electrons. The number of ether oxygens (including phenoxy) is 2. The molecule has 8 nitrogen and oxygen atoms in total. The highest BCUT2D eigenvalue weighted by molar-refractivity contribution is 5.52. The van der Waals surface area contributed by atoms with Gasteiger partial charge in [-0.25, -0.2) is 0 Å². The molecule has 0 amide bonds. The van der Waals surface area contributed by atoms with Gasteiger partial charge in [0.1, 0.15) is 24.4 Å². The van der Waals surface area contributed by atoms with Gasteiger partial charge in [0.25, 0.3) is 0 Å². The van der Waals surface area contributed by atoms with Gasteiger partial charge in [-0.05, 0) is 31.9 Å². The van der Waals surface area contributed by atoms with Gasteiger partial charge in [0.2, 0.25) is 12.2 Å². The average Bonchev–Trinajstić information content (AvgIpc) is 3.03. The second kappa shape index (κ2) is 9.06. The van der Waals surface area contributed by atoms with Crippen molar-refractivity contribution in [1.29, 1.82) is 0 Å². The number of aliphatic hydroxyl groups excluding tert-OH is 4. The maximum Gasteiger partial charge on any atom is 0.238 e. The van der Waals surface area contributed by atoms with Crippen molar-refractivity contribution in [3.63, 3.8) is 0 Å². The average molecular weight is 404 g/mol. The lowest BCUT2D eigenvalue weighted by Crippen LogP contribution is -2.60. The fourth-order valence-corrected chi connectivity index (χ4v) is 3.28. The summed E-state index contributed by atoms with van der Waals surface area (Å²) in [5.74, 6) is 0.236. The summed E-state index contributed by atoms with van der Waals surface area (Å²) >= 11 is 0. The number of nitrogens with zero attached hydrogens (tertiary/aromatic N) is 1. The van der Waals surface area contributed by atoms with E-state index < -0.39 is 37.3 Å². The third-order valence-electron chi connectivity index (χ3n) is 4.93. The first-order chi connectivity index (χ1) is 13.8. The highest BCUT2D eigenvalue weighted by Gasteiger charge is 2.45. The SMILES string of the molecule is CC(C)=Cc1ccc(Cc2c(O[C@@H]3O[C@H](CO)[C@@H](O)[C@H](O)[C@H]3O)n[nH]c2C)cc1. The monoisotopic (exact) mass is 404 g/mol. The highest BCUT2D eigenvalue weighted by atomic mass is 16.7. The molecular weight excluding hydrogens is 376 g/mol. The van der Waals surface area contributed by atoms with E-state index in [9.17, 15) is 20.4 Å². The summed E-state index contributed by atoms with van der Waals surface area (Å²) in [6.45, 7) is 5.44. The molecule has 0 spiro atoms. The van der Waals surface area contributed by atoms with Crippen LogP contribution in [-0.4, -0.2) is 67.9 Å². The van der Waals surface area contributed by atoms with Gasteiger partial charge in [-0.1, -0.05) is 35.9 Å². The van der Waals surface area contributed by atoms with Crippen LogP contribution >= 0.6 is 0 Å². The van der Waals surface area contributed by atoms with E-state index in [4.69, 9.17) is 9.47 Å². The number of allylic oxidation sites excluding steroid dienone is 1. The number of aromatic nitrogens is 2. The molecule has 5 N–H and O–H groups in total. The van der Waals surface area contributed by atoms with Gasteiger partial charge in [0.15, 0.2) is 0 Å². The second-order valence-corrected chi connectivity index (χ2v) is 7.59. The molecule has 0 bridgehead atoms. The Hall–Kier alpha value is -2.23. The molecule has 0 aliphatic carbocycles. The third kappa shape index (κ3) is 4.85. The number of hydrogen-bond acceptors (Lipinski definition) is 7. The number of aryl methyl sites for hydroxylation is 1. The number of nitrogens with one attached hydrogen (secondary N) is 1. The van der Waals surface area contributed by atoms with Crippen molar-refractivity contribution < 1.29 is 29.9 Å². The van der Waals surface area contributed by atoms with E-state index in [1.54, 1.807) is 0 Å². The topological polar surface area (TPSA) is 128 Å². The fourth-order valence-electron chi connectivity index (χ4n) is 3.28. The van der Waals surface area contributed by atoms with Crippen molar-refractivity contribution in [2.24, 2.45) is 0 Å². The summed E-state index contributed by atoms with van der Waals surface area (Å²) in [7, 11) is 0. The van der Waals surface area contributed by atoms with Crippen molar-refractivity contribution in [3.05, 3.63) is 52.2 Å². The van der Waals surface area contributed by atoms with E-state index in [0.717, 1.165) is 22.4 Å². The molecule has 1 aliphatic heterocycles. The minimum atomic E-state index is -1.50. The van der Waals surface area contributed by atoms with E-state index in [1.807, 2.05) is 45.0 Å². The lowest BCUT2D eigenvalue weighted by atomic mass is 9.99. The smallest absolute Gasteiger partial charge is 0.238 e. The molecule has 0 saturated carbocycles. The zero-order chi connectivity index (χ0) is 21.1. The highest BCUT2D eigenvalue weighted by Crippen LogP contribution is 2.28.